The van der Waals surface area contributed by atoms with Crippen molar-refractivity contribution in [3.63, 3.8) is 0 Å². The standard InChI is InChI=1S/C11H11F4N/c1-7(2)6-16-8-3-4-10(12)9(5-8)11(13,14)15/h3-5,16H,1,6H2,2H3. The minimum absolute atomic E-state index is 0.219. The lowest BCUT2D eigenvalue weighted by Crippen LogP contribution is -2.10. The highest BCUT2D eigenvalue weighted by Gasteiger charge is 2.34. The average Bonchev–Trinajstić information content (AvgIpc) is 2.14. The van der Waals surface area contributed by atoms with Gasteiger partial charge in [-0.15, -0.1) is 0 Å². The topological polar surface area (TPSA) is 12.0 Å². The molecule has 16 heavy (non-hydrogen) atoms. The van der Waals surface area contributed by atoms with Crippen LogP contribution in [0.5, 0.6) is 0 Å². The Hall–Kier alpha value is -1.52. The zero-order valence-electron chi connectivity index (χ0n) is 8.66. The van der Waals surface area contributed by atoms with Gasteiger partial charge in [-0.25, -0.2) is 4.39 Å². The molecule has 0 radical (unpaired) electrons. The molecule has 0 aliphatic carbocycles. The van der Waals surface area contributed by atoms with E-state index >= 15 is 0 Å². The van der Waals surface area contributed by atoms with Gasteiger partial charge < -0.3 is 5.32 Å². The number of nitrogens with one attached hydrogen (secondary N) is 1. The van der Waals surface area contributed by atoms with E-state index in [9.17, 15) is 17.6 Å². The van der Waals surface area contributed by atoms with Crippen LogP contribution in [0.25, 0.3) is 0 Å². The van der Waals surface area contributed by atoms with E-state index in [1.54, 1.807) is 6.92 Å². The third kappa shape index (κ3) is 3.25. The summed E-state index contributed by atoms with van der Waals surface area (Å²) in [5.74, 6) is -1.27. The van der Waals surface area contributed by atoms with Crippen LogP contribution in [0.1, 0.15) is 12.5 Å². The van der Waals surface area contributed by atoms with Crippen molar-refractivity contribution >= 4 is 5.69 Å². The molecule has 0 bridgehead atoms. The van der Waals surface area contributed by atoms with Crippen LogP contribution in [-0.4, -0.2) is 6.54 Å². The number of benzene rings is 1. The normalized spacial score (nSPS) is 11.3. The Bertz CT molecular complexity index is 395. The summed E-state index contributed by atoms with van der Waals surface area (Å²) < 4.78 is 49.9. The molecule has 0 heterocycles. The third-order valence-corrected chi connectivity index (χ3v) is 1.87. The third-order valence-electron chi connectivity index (χ3n) is 1.87. The van der Waals surface area contributed by atoms with Gasteiger partial charge in [-0.05, 0) is 25.1 Å². The van der Waals surface area contributed by atoms with Gasteiger partial charge in [-0.1, -0.05) is 12.2 Å². The SMILES string of the molecule is C=C(C)CNc1ccc(F)c(C(F)(F)F)c1. The highest BCUT2D eigenvalue weighted by atomic mass is 19.4. The van der Waals surface area contributed by atoms with Crippen LogP contribution in [0.3, 0.4) is 0 Å². The van der Waals surface area contributed by atoms with Gasteiger partial charge >= 0.3 is 6.18 Å². The first-order chi connectivity index (χ1) is 7.30. The molecule has 0 aliphatic rings. The molecule has 1 nitrogen and oxygen atoms in total. The van der Waals surface area contributed by atoms with Crippen LogP contribution >= 0.6 is 0 Å². The first-order valence-electron chi connectivity index (χ1n) is 4.55. The highest BCUT2D eigenvalue weighted by molar-refractivity contribution is 5.47. The maximum absolute atomic E-state index is 12.9. The summed E-state index contributed by atoms with van der Waals surface area (Å²) in [5, 5.41) is 2.72. The Kier molecular flexibility index (Phi) is 3.57. The monoisotopic (exact) mass is 233 g/mol. The van der Waals surface area contributed by atoms with Crippen LogP contribution in [0, 0.1) is 5.82 Å². The quantitative estimate of drug-likeness (QED) is 0.618. The van der Waals surface area contributed by atoms with Crippen LogP contribution in [0.15, 0.2) is 30.4 Å². The molecule has 0 saturated heterocycles. The van der Waals surface area contributed by atoms with E-state index in [-0.39, 0.29) is 5.69 Å². The van der Waals surface area contributed by atoms with Gasteiger partial charge in [0.05, 0.1) is 5.56 Å². The second-order valence-corrected chi connectivity index (χ2v) is 3.50. The van der Waals surface area contributed by atoms with Crippen LogP contribution < -0.4 is 5.32 Å². The fourth-order valence-corrected chi connectivity index (χ4v) is 1.11. The number of hydrogen-bond donors (Lipinski definition) is 1. The predicted molar refractivity (Wildman–Crippen MR) is 54.7 cm³/mol. The second kappa shape index (κ2) is 4.55. The van der Waals surface area contributed by atoms with E-state index in [1.807, 2.05) is 0 Å². The number of rotatable bonds is 3. The smallest absolute Gasteiger partial charge is 0.381 e. The molecule has 0 aromatic heterocycles. The molecule has 0 saturated carbocycles. The van der Waals surface area contributed by atoms with Gasteiger partial charge in [-0.2, -0.15) is 13.2 Å². The van der Waals surface area contributed by atoms with Crippen molar-refractivity contribution in [3.05, 3.63) is 41.7 Å². The molecule has 1 N–H and O–H groups in total. The van der Waals surface area contributed by atoms with Crippen molar-refractivity contribution in [2.24, 2.45) is 0 Å². The lowest BCUT2D eigenvalue weighted by molar-refractivity contribution is -0.139. The molecule has 5 heteroatoms. The van der Waals surface area contributed by atoms with Crippen LogP contribution in [0.4, 0.5) is 23.2 Å². The maximum Gasteiger partial charge on any atom is 0.419 e. The van der Waals surface area contributed by atoms with Crippen molar-refractivity contribution in [1.29, 1.82) is 0 Å². The van der Waals surface area contributed by atoms with E-state index in [4.69, 9.17) is 0 Å². The number of halogens is 4. The lowest BCUT2D eigenvalue weighted by Gasteiger charge is -2.11. The van der Waals surface area contributed by atoms with E-state index < -0.39 is 17.6 Å². The Morgan fingerprint density at radius 2 is 2.00 bits per heavy atom. The van der Waals surface area contributed by atoms with Crippen molar-refractivity contribution in [3.8, 4) is 0 Å². The van der Waals surface area contributed by atoms with E-state index in [1.165, 1.54) is 6.07 Å². The molecule has 0 spiro atoms. The van der Waals surface area contributed by atoms with Gasteiger partial charge in [0.15, 0.2) is 0 Å². The largest absolute Gasteiger partial charge is 0.419 e. The summed E-state index contributed by atoms with van der Waals surface area (Å²) in [4.78, 5) is 0. The molecule has 1 rings (SSSR count). The second-order valence-electron chi connectivity index (χ2n) is 3.50. The fourth-order valence-electron chi connectivity index (χ4n) is 1.11. The lowest BCUT2D eigenvalue weighted by atomic mass is 10.1. The maximum atomic E-state index is 12.9. The molecular formula is C11H11F4N. The van der Waals surface area contributed by atoms with Crippen molar-refractivity contribution in [1.82, 2.24) is 0 Å². The van der Waals surface area contributed by atoms with E-state index in [0.29, 0.717) is 6.54 Å². The Morgan fingerprint density at radius 3 is 2.50 bits per heavy atom. The molecule has 0 atom stereocenters. The summed E-state index contributed by atoms with van der Waals surface area (Å²) >= 11 is 0. The zero-order valence-corrected chi connectivity index (χ0v) is 8.66. The molecule has 88 valence electrons. The van der Waals surface area contributed by atoms with Gasteiger partial charge in [0.1, 0.15) is 5.82 Å². The first kappa shape index (κ1) is 12.5. The number of anilines is 1. The summed E-state index contributed by atoms with van der Waals surface area (Å²) in [6.45, 7) is 5.69. The van der Waals surface area contributed by atoms with Gasteiger partial charge in [0.2, 0.25) is 0 Å². The Balaban J connectivity index is 2.94. The summed E-state index contributed by atoms with van der Waals surface area (Å²) in [7, 11) is 0. The minimum atomic E-state index is -4.68. The molecule has 0 unspecified atom stereocenters. The van der Waals surface area contributed by atoms with Gasteiger partial charge in [0.25, 0.3) is 0 Å². The first-order valence-corrected chi connectivity index (χ1v) is 4.55. The number of alkyl halides is 3. The van der Waals surface area contributed by atoms with Gasteiger partial charge in [-0.3, -0.25) is 0 Å². The van der Waals surface area contributed by atoms with Gasteiger partial charge in [0, 0.05) is 12.2 Å². The zero-order chi connectivity index (χ0) is 12.3. The molecule has 0 fully saturated rings. The Labute approximate surface area is 90.8 Å². The summed E-state index contributed by atoms with van der Waals surface area (Å²) in [6.07, 6.45) is -4.68. The average molecular weight is 233 g/mol. The Morgan fingerprint density at radius 1 is 1.38 bits per heavy atom. The predicted octanol–water partition coefficient (Wildman–Crippen LogP) is 3.83. The fraction of sp³-hybridized carbons (Fsp3) is 0.273. The van der Waals surface area contributed by atoms with Crippen LogP contribution in [0.2, 0.25) is 0 Å². The number of hydrogen-bond acceptors (Lipinski definition) is 1. The molecular weight excluding hydrogens is 222 g/mol. The van der Waals surface area contributed by atoms with Crippen molar-refractivity contribution in [2.45, 2.75) is 13.1 Å². The van der Waals surface area contributed by atoms with Crippen molar-refractivity contribution in [2.75, 3.05) is 11.9 Å². The molecule has 1 aromatic carbocycles. The highest BCUT2D eigenvalue weighted by Crippen LogP contribution is 2.32. The summed E-state index contributed by atoms with van der Waals surface area (Å²) in [5.41, 5.74) is -0.270. The van der Waals surface area contributed by atoms with Crippen molar-refractivity contribution < 1.29 is 17.6 Å². The molecule has 0 aliphatic heterocycles. The molecule has 0 amide bonds. The van der Waals surface area contributed by atoms with E-state index in [2.05, 4.69) is 11.9 Å². The van der Waals surface area contributed by atoms with E-state index in [0.717, 1.165) is 17.7 Å². The molecule has 1 aromatic rings. The summed E-state index contributed by atoms with van der Waals surface area (Å²) in [6, 6.07) is 2.80. The van der Waals surface area contributed by atoms with Crippen LogP contribution in [-0.2, 0) is 6.18 Å². The minimum Gasteiger partial charge on any atom is -0.381 e.